The molecule has 140 valence electrons. The maximum absolute atomic E-state index is 12.8. The third-order valence-electron chi connectivity index (χ3n) is 4.78. The van der Waals surface area contributed by atoms with Gasteiger partial charge in [-0.2, -0.15) is 0 Å². The van der Waals surface area contributed by atoms with Crippen molar-refractivity contribution >= 4 is 17.2 Å². The first-order valence-corrected chi connectivity index (χ1v) is 9.89. The molecule has 0 N–H and O–H groups in total. The van der Waals surface area contributed by atoms with E-state index in [2.05, 4.69) is 9.97 Å². The van der Waals surface area contributed by atoms with Crippen LogP contribution in [-0.4, -0.2) is 34.4 Å². The third-order valence-corrected chi connectivity index (χ3v) is 5.54. The van der Waals surface area contributed by atoms with Gasteiger partial charge in [0.1, 0.15) is 22.4 Å². The van der Waals surface area contributed by atoms with Crippen molar-refractivity contribution in [3.63, 3.8) is 0 Å². The van der Waals surface area contributed by atoms with E-state index < -0.39 is 0 Å². The molecule has 1 aliphatic heterocycles. The number of rotatable bonds is 5. The summed E-state index contributed by atoms with van der Waals surface area (Å²) in [6, 6.07) is 7.78. The number of oxazole rings is 1. The summed E-state index contributed by atoms with van der Waals surface area (Å²) in [6.45, 7) is 0.717. The van der Waals surface area contributed by atoms with E-state index in [0.717, 1.165) is 42.9 Å². The van der Waals surface area contributed by atoms with E-state index in [4.69, 9.17) is 9.15 Å². The van der Waals surface area contributed by atoms with Crippen LogP contribution in [0.1, 0.15) is 52.2 Å². The van der Waals surface area contributed by atoms with Crippen LogP contribution in [0.2, 0.25) is 0 Å². The van der Waals surface area contributed by atoms with E-state index in [1.54, 1.807) is 25.0 Å². The summed E-state index contributed by atoms with van der Waals surface area (Å²) in [6.07, 6.45) is 6.95. The van der Waals surface area contributed by atoms with Crippen LogP contribution in [0.5, 0.6) is 5.75 Å². The molecule has 7 heteroatoms. The third kappa shape index (κ3) is 3.88. The Balaban J connectivity index is 1.52. The van der Waals surface area contributed by atoms with Crippen LogP contribution in [0.15, 0.2) is 46.6 Å². The number of carbonyl (C=O) groups is 1. The zero-order valence-corrected chi connectivity index (χ0v) is 15.9. The molecule has 0 bridgehead atoms. The summed E-state index contributed by atoms with van der Waals surface area (Å²) in [7, 11) is 1.66. The molecule has 1 atom stereocenters. The number of thiazole rings is 1. The lowest BCUT2D eigenvalue weighted by Crippen LogP contribution is -2.38. The molecule has 1 fully saturated rings. The van der Waals surface area contributed by atoms with Gasteiger partial charge < -0.3 is 14.1 Å². The highest BCUT2D eigenvalue weighted by atomic mass is 32.1. The lowest BCUT2D eigenvalue weighted by Gasteiger charge is -2.33. The minimum atomic E-state index is -0.118. The normalized spacial score (nSPS) is 17.1. The number of piperidine rings is 1. The Labute approximate surface area is 161 Å². The summed E-state index contributed by atoms with van der Waals surface area (Å²) in [5, 5.41) is 0. The predicted molar refractivity (Wildman–Crippen MR) is 102 cm³/mol. The molecule has 3 aromatic rings. The highest BCUT2D eigenvalue weighted by molar-refractivity contribution is 7.11. The van der Waals surface area contributed by atoms with Crippen LogP contribution in [0.3, 0.4) is 0 Å². The quantitative estimate of drug-likeness (QED) is 0.663. The fourth-order valence-electron chi connectivity index (χ4n) is 3.44. The number of carbonyl (C=O) groups excluding carboxylic acids is 1. The van der Waals surface area contributed by atoms with Crippen molar-refractivity contribution in [3.8, 4) is 5.75 Å². The Kier molecular flexibility index (Phi) is 5.20. The SMILES string of the molecule is COc1cccc(Cc2cnc([C@@H]3CCCCN3C(=O)c3cncs3)o2)c1. The maximum atomic E-state index is 12.8. The molecular formula is C20H21N3O3S. The van der Waals surface area contributed by atoms with Crippen LogP contribution in [0.4, 0.5) is 0 Å². The first-order chi connectivity index (χ1) is 13.2. The second-order valence-corrected chi connectivity index (χ2v) is 7.46. The molecule has 2 aromatic heterocycles. The summed E-state index contributed by atoms with van der Waals surface area (Å²) in [4.78, 5) is 23.9. The van der Waals surface area contributed by atoms with Gasteiger partial charge in [-0.1, -0.05) is 12.1 Å². The molecule has 3 heterocycles. The van der Waals surface area contributed by atoms with Gasteiger partial charge in [0.15, 0.2) is 0 Å². The molecule has 4 rings (SSSR count). The Bertz CT molecular complexity index is 907. The molecule has 1 aliphatic rings. The van der Waals surface area contributed by atoms with Crippen LogP contribution in [0, 0.1) is 0 Å². The van der Waals surface area contributed by atoms with Crippen molar-refractivity contribution < 1.29 is 13.9 Å². The lowest BCUT2D eigenvalue weighted by molar-refractivity contribution is 0.0575. The van der Waals surface area contributed by atoms with E-state index in [-0.39, 0.29) is 11.9 Å². The van der Waals surface area contributed by atoms with Crippen LogP contribution >= 0.6 is 11.3 Å². The van der Waals surface area contributed by atoms with Gasteiger partial charge in [-0.3, -0.25) is 9.78 Å². The molecule has 1 saturated heterocycles. The van der Waals surface area contributed by atoms with Crippen molar-refractivity contribution in [2.45, 2.75) is 31.7 Å². The highest BCUT2D eigenvalue weighted by Crippen LogP contribution is 2.32. The monoisotopic (exact) mass is 383 g/mol. The van der Waals surface area contributed by atoms with Gasteiger partial charge in [0.25, 0.3) is 5.91 Å². The van der Waals surface area contributed by atoms with Crippen molar-refractivity contribution in [1.82, 2.24) is 14.9 Å². The maximum Gasteiger partial charge on any atom is 0.266 e. The molecule has 27 heavy (non-hydrogen) atoms. The van der Waals surface area contributed by atoms with E-state index in [0.29, 0.717) is 17.2 Å². The Morgan fingerprint density at radius 3 is 3.11 bits per heavy atom. The molecule has 6 nitrogen and oxygen atoms in total. The van der Waals surface area contributed by atoms with Crippen LogP contribution in [0.25, 0.3) is 0 Å². The zero-order chi connectivity index (χ0) is 18.6. The number of nitrogens with zero attached hydrogens (tertiary/aromatic N) is 3. The molecule has 1 amide bonds. The number of hydrogen-bond donors (Lipinski definition) is 0. The molecule has 1 aromatic carbocycles. The molecule has 0 saturated carbocycles. The van der Waals surface area contributed by atoms with Gasteiger partial charge in [0.2, 0.25) is 5.89 Å². The molecule has 0 unspecified atom stereocenters. The Morgan fingerprint density at radius 1 is 1.37 bits per heavy atom. The van der Waals surface area contributed by atoms with Gasteiger partial charge in [0.05, 0.1) is 25.0 Å². The van der Waals surface area contributed by atoms with E-state index in [1.807, 2.05) is 29.2 Å². The summed E-state index contributed by atoms with van der Waals surface area (Å²) >= 11 is 1.37. The number of likely N-dealkylation sites (tertiary alicyclic amines) is 1. The van der Waals surface area contributed by atoms with E-state index in [9.17, 15) is 4.79 Å². The van der Waals surface area contributed by atoms with E-state index >= 15 is 0 Å². The highest BCUT2D eigenvalue weighted by Gasteiger charge is 2.32. The van der Waals surface area contributed by atoms with Crippen molar-refractivity contribution in [2.24, 2.45) is 0 Å². The van der Waals surface area contributed by atoms with Crippen LogP contribution < -0.4 is 4.74 Å². The standard InChI is InChI=1S/C20H21N3O3S/c1-25-15-6-4-5-14(9-15)10-16-11-22-19(26-16)17-7-2-3-8-23(17)20(24)18-12-21-13-27-18/h4-6,9,11-13,17H,2-3,7-8,10H2,1H3/t17-/m0/s1. The van der Waals surface area contributed by atoms with Gasteiger partial charge in [-0.15, -0.1) is 11.3 Å². The van der Waals surface area contributed by atoms with Crippen LogP contribution in [-0.2, 0) is 6.42 Å². The number of aromatic nitrogens is 2. The van der Waals surface area contributed by atoms with Crippen molar-refractivity contribution in [2.75, 3.05) is 13.7 Å². The largest absolute Gasteiger partial charge is 0.497 e. The zero-order valence-electron chi connectivity index (χ0n) is 15.1. The number of ether oxygens (including phenoxy) is 1. The summed E-state index contributed by atoms with van der Waals surface area (Å²) < 4.78 is 11.3. The first kappa shape index (κ1) is 17.7. The fourth-order valence-corrected chi connectivity index (χ4v) is 4.01. The minimum Gasteiger partial charge on any atom is -0.497 e. The summed E-state index contributed by atoms with van der Waals surface area (Å²) in [5.41, 5.74) is 2.78. The van der Waals surface area contributed by atoms with Crippen molar-refractivity contribution in [3.05, 3.63) is 64.3 Å². The topological polar surface area (TPSA) is 68.5 Å². The minimum absolute atomic E-state index is 0.00902. The predicted octanol–water partition coefficient (Wildman–Crippen LogP) is 4.10. The smallest absolute Gasteiger partial charge is 0.266 e. The number of hydrogen-bond acceptors (Lipinski definition) is 6. The van der Waals surface area contributed by atoms with Gasteiger partial charge >= 0.3 is 0 Å². The molecule has 0 spiro atoms. The van der Waals surface area contributed by atoms with Gasteiger partial charge in [-0.05, 0) is 37.0 Å². The number of methoxy groups -OCH3 is 1. The molecular weight excluding hydrogens is 362 g/mol. The average Bonchev–Trinajstić information content (AvgIpc) is 3.40. The second-order valence-electron chi connectivity index (χ2n) is 6.57. The number of benzene rings is 1. The van der Waals surface area contributed by atoms with E-state index in [1.165, 1.54) is 11.3 Å². The lowest BCUT2D eigenvalue weighted by atomic mass is 10.0. The molecule has 0 radical (unpaired) electrons. The average molecular weight is 383 g/mol. The second kappa shape index (κ2) is 7.92. The van der Waals surface area contributed by atoms with Crippen molar-refractivity contribution in [1.29, 1.82) is 0 Å². The van der Waals surface area contributed by atoms with Gasteiger partial charge in [0, 0.05) is 13.0 Å². The number of amides is 1. The molecule has 0 aliphatic carbocycles. The summed E-state index contributed by atoms with van der Waals surface area (Å²) in [5.74, 6) is 2.23. The Morgan fingerprint density at radius 2 is 2.30 bits per heavy atom. The first-order valence-electron chi connectivity index (χ1n) is 9.01. The fraction of sp³-hybridized carbons (Fsp3) is 0.350. The van der Waals surface area contributed by atoms with Gasteiger partial charge in [-0.25, -0.2) is 4.98 Å². The Hall–Kier alpha value is -2.67.